The summed E-state index contributed by atoms with van der Waals surface area (Å²) in [5.74, 6) is -0.160. The lowest BCUT2D eigenvalue weighted by Crippen LogP contribution is -2.14. The summed E-state index contributed by atoms with van der Waals surface area (Å²) in [6, 6.07) is 8.05. The van der Waals surface area contributed by atoms with Crippen molar-refractivity contribution < 1.29 is 23.2 Å². The maximum Gasteiger partial charge on any atom is 0.284 e. The van der Waals surface area contributed by atoms with Crippen LogP contribution in [0.5, 0.6) is 0 Å². The van der Waals surface area contributed by atoms with Crippen molar-refractivity contribution in [2.24, 2.45) is 0 Å². The topological polar surface area (TPSA) is 127 Å². The second-order valence-corrected chi connectivity index (χ2v) is 6.61. The molecule has 0 aliphatic heterocycles. The number of anilines is 2. The molecule has 0 bridgehead atoms. The molecule has 2 N–H and O–H groups in total. The minimum atomic E-state index is -0.332. The molecular weight excluding hydrogens is 384 g/mol. The van der Waals surface area contributed by atoms with Gasteiger partial charge in [-0.05, 0) is 30.3 Å². The van der Waals surface area contributed by atoms with Gasteiger partial charge in [0.1, 0.15) is 0 Å². The molecule has 0 spiro atoms. The van der Waals surface area contributed by atoms with Gasteiger partial charge in [0.05, 0.1) is 17.7 Å². The van der Waals surface area contributed by atoms with Crippen LogP contribution in [-0.2, 0) is 9.59 Å². The van der Waals surface area contributed by atoms with Gasteiger partial charge >= 0.3 is 0 Å². The van der Waals surface area contributed by atoms with Crippen molar-refractivity contribution in [1.29, 1.82) is 0 Å². The number of aromatic nitrogens is 2. The predicted octanol–water partition coefficient (Wildman–Crippen LogP) is 3.22. The van der Waals surface area contributed by atoms with Crippen LogP contribution >= 0.6 is 11.8 Å². The third-order valence-electron chi connectivity index (χ3n) is 3.42. The first-order valence-electron chi connectivity index (χ1n) is 8.15. The molecule has 0 saturated carbocycles. The van der Waals surface area contributed by atoms with Crippen molar-refractivity contribution in [2.75, 3.05) is 16.4 Å². The average Bonchev–Trinajstić information content (AvgIpc) is 3.30. The number of nitrogens with one attached hydrogen (secondary N) is 2. The molecule has 144 valence electrons. The Morgan fingerprint density at radius 2 is 1.86 bits per heavy atom. The Kier molecular flexibility index (Phi) is 5.90. The number of carbonyl (C=O) groups excluding carboxylic acids is 3. The number of benzene rings is 1. The van der Waals surface area contributed by atoms with Crippen LogP contribution in [-0.4, -0.2) is 33.5 Å². The molecule has 2 heterocycles. The number of Topliss-reactive ketones (excluding diaryl/α,β-unsaturated/α-hetero) is 1. The van der Waals surface area contributed by atoms with Gasteiger partial charge in [0.15, 0.2) is 11.5 Å². The number of thioether (sulfide) groups is 1. The molecule has 3 aromatic rings. The van der Waals surface area contributed by atoms with Crippen molar-refractivity contribution in [3.05, 3.63) is 42.2 Å². The van der Waals surface area contributed by atoms with E-state index >= 15 is 0 Å². The van der Waals surface area contributed by atoms with Crippen LogP contribution in [0.4, 0.5) is 11.4 Å². The Bertz CT molecular complexity index is 1010. The third-order valence-corrected chi connectivity index (χ3v) is 4.23. The van der Waals surface area contributed by atoms with E-state index in [-0.39, 0.29) is 34.5 Å². The summed E-state index contributed by atoms with van der Waals surface area (Å²) in [6.45, 7) is 2.71. The highest BCUT2D eigenvalue weighted by molar-refractivity contribution is 7.99. The quantitative estimate of drug-likeness (QED) is 0.457. The summed E-state index contributed by atoms with van der Waals surface area (Å²) in [5.41, 5.74) is 1.09. The van der Waals surface area contributed by atoms with Gasteiger partial charge in [0, 0.05) is 25.1 Å². The molecule has 0 fully saturated rings. The van der Waals surface area contributed by atoms with Gasteiger partial charge < -0.3 is 19.5 Å². The summed E-state index contributed by atoms with van der Waals surface area (Å²) in [5, 5.41) is 13.2. The van der Waals surface area contributed by atoms with E-state index in [9.17, 15) is 14.4 Å². The van der Waals surface area contributed by atoms with E-state index in [1.54, 1.807) is 24.3 Å². The maximum atomic E-state index is 12.6. The van der Waals surface area contributed by atoms with Crippen molar-refractivity contribution in [3.8, 4) is 11.7 Å². The van der Waals surface area contributed by atoms with Gasteiger partial charge in [0.25, 0.3) is 11.1 Å². The second kappa shape index (κ2) is 8.53. The normalized spacial score (nSPS) is 10.5. The van der Waals surface area contributed by atoms with Gasteiger partial charge in [0.2, 0.25) is 11.8 Å². The molecular formula is C18H16N4O5S. The van der Waals surface area contributed by atoms with E-state index < -0.39 is 0 Å². The Morgan fingerprint density at radius 1 is 1.07 bits per heavy atom. The number of hydrogen-bond acceptors (Lipinski definition) is 8. The SMILES string of the molecule is CC(=O)Nc1ccc(C(=O)CSc2nnc(-c3ccco3)o2)c(NC(C)=O)c1. The first-order chi connectivity index (χ1) is 13.4. The number of rotatable bonds is 7. The number of amides is 2. The summed E-state index contributed by atoms with van der Waals surface area (Å²) in [7, 11) is 0. The molecule has 0 unspecified atom stereocenters. The van der Waals surface area contributed by atoms with Gasteiger partial charge in [-0.1, -0.05) is 11.8 Å². The fourth-order valence-electron chi connectivity index (χ4n) is 2.33. The van der Waals surface area contributed by atoms with Crippen LogP contribution < -0.4 is 10.6 Å². The summed E-state index contributed by atoms with van der Waals surface area (Å²) in [6.07, 6.45) is 1.49. The number of hydrogen-bond donors (Lipinski definition) is 2. The minimum absolute atomic E-state index is 0.0197. The Morgan fingerprint density at radius 3 is 2.54 bits per heavy atom. The van der Waals surface area contributed by atoms with Crippen LogP contribution in [0.2, 0.25) is 0 Å². The molecule has 0 radical (unpaired) electrons. The molecule has 10 heteroatoms. The second-order valence-electron chi connectivity index (χ2n) is 5.69. The zero-order valence-electron chi connectivity index (χ0n) is 15.0. The highest BCUT2D eigenvalue weighted by atomic mass is 32.2. The van der Waals surface area contributed by atoms with E-state index in [0.717, 1.165) is 11.8 Å². The fourth-order valence-corrected chi connectivity index (χ4v) is 2.98. The first-order valence-corrected chi connectivity index (χ1v) is 9.13. The lowest BCUT2D eigenvalue weighted by Gasteiger charge is -2.11. The average molecular weight is 400 g/mol. The predicted molar refractivity (Wildman–Crippen MR) is 102 cm³/mol. The molecule has 0 aliphatic rings. The van der Waals surface area contributed by atoms with Gasteiger partial charge in [-0.25, -0.2) is 0 Å². The highest BCUT2D eigenvalue weighted by Gasteiger charge is 2.17. The van der Waals surface area contributed by atoms with Crippen LogP contribution in [0, 0.1) is 0 Å². The number of nitrogens with zero attached hydrogens (tertiary/aromatic N) is 2. The standard InChI is InChI=1S/C18H16N4O5S/c1-10(23)19-12-5-6-13(14(8-12)20-11(2)24)15(25)9-28-18-22-21-17(27-18)16-4-3-7-26-16/h3-8H,9H2,1-2H3,(H,19,23)(H,20,24). The van der Waals surface area contributed by atoms with Gasteiger partial charge in [-0.3, -0.25) is 14.4 Å². The zero-order valence-corrected chi connectivity index (χ0v) is 15.8. The molecule has 1 aromatic carbocycles. The van der Waals surface area contributed by atoms with E-state index in [1.807, 2.05) is 0 Å². The van der Waals surface area contributed by atoms with Crippen LogP contribution in [0.15, 0.2) is 50.7 Å². The van der Waals surface area contributed by atoms with E-state index in [1.165, 1.54) is 26.2 Å². The van der Waals surface area contributed by atoms with Crippen LogP contribution in [0.25, 0.3) is 11.7 Å². The Hall–Kier alpha value is -3.40. The molecule has 0 atom stereocenters. The molecule has 2 amide bonds. The summed E-state index contributed by atoms with van der Waals surface area (Å²) in [4.78, 5) is 35.3. The smallest absolute Gasteiger partial charge is 0.284 e. The highest BCUT2D eigenvalue weighted by Crippen LogP contribution is 2.26. The fraction of sp³-hybridized carbons (Fsp3) is 0.167. The Labute approximate surface area is 163 Å². The maximum absolute atomic E-state index is 12.6. The molecule has 9 nitrogen and oxygen atoms in total. The monoisotopic (exact) mass is 400 g/mol. The molecule has 0 aliphatic carbocycles. The van der Waals surface area contributed by atoms with E-state index in [4.69, 9.17) is 8.83 Å². The van der Waals surface area contributed by atoms with E-state index in [2.05, 4.69) is 20.8 Å². The lowest BCUT2D eigenvalue weighted by molar-refractivity contribution is -0.115. The Balaban J connectivity index is 1.72. The van der Waals surface area contributed by atoms with E-state index in [0.29, 0.717) is 22.7 Å². The number of ketones is 1. The minimum Gasteiger partial charge on any atom is -0.459 e. The van der Waals surface area contributed by atoms with Crippen molar-refractivity contribution in [3.63, 3.8) is 0 Å². The van der Waals surface area contributed by atoms with Gasteiger partial charge in [-0.2, -0.15) is 0 Å². The molecule has 0 saturated heterocycles. The molecule has 28 heavy (non-hydrogen) atoms. The largest absolute Gasteiger partial charge is 0.459 e. The third kappa shape index (κ3) is 4.86. The lowest BCUT2D eigenvalue weighted by atomic mass is 10.1. The van der Waals surface area contributed by atoms with Crippen molar-refractivity contribution in [1.82, 2.24) is 10.2 Å². The first kappa shape index (κ1) is 19.4. The number of furan rings is 1. The van der Waals surface area contributed by atoms with Crippen molar-refractivity contribution in [2.45, 2.75) is 19.1 Å². The van der Waals surface area contributed by atoms with Crippen molar-refractivity contribution >= 4 is 40.7 Å². The zero-order chi connectivity index (χ0) is 20.1. The number of carbonyl (C=O) groups is 3. The summed E-state index contributed by atoms with van der Waals surface area (Å²) >= 11 is 1.07. The van der Waals surface area contributed by atoms with Gasteiger partial charge in [-0.15, -0.1) is 10.2 Å². The molecule has 2 aromatic heterocycles. The van der Waals surface area contributed by atoms with Crippen LogP contribution in [0.3, 0.4) is 0 Å². The molecule has 3 rings (SSSR count). The van der Waals surface area contributed by atoms with Crippen LogP contribution in [0.1, 0.15) is 24.2 Å². The summed E-state index contributed by atoms with van der Waals surface area (Å²) < 4.78 is 10.6.